The molecule has 184 valence electrons. The van der Waals surface area contributed by atoms with Gasteiger partial charge in [-0.05, 0) is 44.5 Å². The average Bonchev–Trinajstić information content (AvgIpc) is 3.18. The molecule has 0 spiro atoms. The molecule has 0 unspecified atom stereocenters. The minimum Gasteiger partial charge on any atom is -0.462 e. The summed E-state index contributed by atoms with van der Waals surface area (Å²) in [5, 5.41) is 3.84. The smallest absolute Gasteiger partial charge is 0.341 e. The van der Waals surface area contributed by atoms with Crippen LogP contribution in [0.2, 0.25) is 0 Å². The largest absolute Gasteiger partial charge is 0.462 e. The minimum absolute atomic E-state index is 0.174. The van der Waals surface area contributed by atoms with Crippen LogP contribution in [-0.2, 0) is 4.74 Å². The predicted molar refractivity (Wildman–Crippen MR) is 143 cm³/mol. The van der Waals surface area contributed by atoms with Gasteiger partial charge in [0, 0.05) is 25.0 Å². The van der Waals surface area contributed by atoms with Gasteiger partial charge in [-0.15, -0.1) is 11.3 Å². The monoisotopic (exact) mass is 501 g/mol. The van der Waals surface area contributed by atoms with Crippen molar-refractivity contribution in [3.8, 4) is 11.3 Å². The molecule has 0 saturated heterocycles. The number of anilines is 1. The van der Waals surface area contributed by atoms with Crippen molar-refractivity contribution in [3.05, 3.63) is 81.7 Å². The van der Waals surface area contributed by atoms with Gasteiger partial charge in [-0.1, -0.05) is 42.0 Å². The number of carbonyl (C=O) groups is 3. The summed E-state index contributed by atoms with van der Waals surface area (Å²) in [6, 6.07) is 17.1. The Balaban J connectivity index is 1.82. The van der Waals surface area contributed by atoms with Crippen LogP contribution >= 0.6 is 11.3 Å². The number of benzene rings is 2. The molecule has 1 N–H and O–H groups in total. The second-order valence-electron chi connectivity index (χ2n) is 8.58. The SMILES string of the molecule is CCOC(=O)c1c(NC(=O)c2cc(-c3cccc(C)c3)nc3ccccc23)sc(C(=O)N(C)C)c1C. The number of amides is 2. The molecule has 8 heteroatoms. The standard InChI is InChI=1S/C28H27N3O4S/c1-6-35-28(34)23-17(3)24(27(33)31(4)5)36-26(23)30-25(32)20-15-22(18-11-9-10-16(2)14-18)29-21-13-8-7-12-19(20)21/h7-15H,6H2,1-5H3,(H,30,32). The predicted octanol–water partition coefficient (Wildman–Crippen LogP) is 5.71. The fourth-order valence-corrected chi connectivity index (χ4v) is 5.16. The van der Waals surface area contributed by atoms with Crippen LogP contribution in [0.1, 0.15) is 48.4 Å². The lowest BCUT2D eigenvalue weighted by molar-refractivity contribution is 0.0527. The zero-order chi connectivity index (χ0) is 26.0. The number of ether oxygens (including phenoxy) is 1. The van der Waals surface area contributed by atoms with Gasteiger partial charge < -0.3 is 15.0 Å². The first-order valence-electron chi connectivity index (χ1n) is 11.5. The van der Waals surface area contributed by atoms with Crippen molar-refractivity contribution in [1.29, 1.82) is 0 Å². The third kappa shape index (κ3) is 4.85. The summed E-state index contributed by atoms with van der Waals surface area (Å²) in [5.41, 5.74) is 4.41. The highest BCUT2D eigenvalue weighted by molar-refractivity contribution is 7.18. The summed E-state index contributed by atoms with van der Waals surface area (Å²) >= 11 is 1.07. The first-order valence-corrected chi connectivity index (χ1v) is 12.3. The van der Waals surface area contributed by atoms with Gasteiger partial charge in [0.1, 0.15) is 5.00 Å². The molecule has 2 aromatic carbocycles. The molecule has 2 amide bonds. The maximum atomic E-state index is 13.7. The first kappa shape index (κ1) is 25.1. The van der Waals surface area contributed by atoms with Crippen LogP contribution in [-0.4, -0.2) is 48.4 Å². The molecule has 36 heavy (non-hydrogen) atoms. The Hall–Kier alpha value is -4.04. The quantitative estimate of drug-likeness (QED) is 0.342. The Kier molecular flexibility index (Phi) is 7.17. The van der Waals surface area contributed by atoms with E-state index < -0.39 is 11.9 Å². The van der Waals surface area contributed by atoms with Crippen LogP contribution in [0.15, 0.2) is 54.6 Å². The number of hydrogen-bond acceptors (Lipinski definition) is 6. The first-order chi connectivity index (χ1) is 17.2. The summed E-state index contributed by atoms with van der Waals surface area (Å²) in [7, 11) is 3.28. The highest BCUT2D eigenvalue weighted by atomic mass is 32.1. The highest BCUT2D eigenvalue weighted by Gasteiger charge is 2.28. The van der Waals surface area contributed by atoms with Gasteiger partial charge in [-0.25, -0.2) is 9.78 Å². The van der Waals surface area contributed by atoms with E-state index in [1.54, 1.807) is 34.0 Å². The van der Waals surface area contributed by atoms with Gasteiger partial charge >= 0.3 is 5.97 Å². The minimum atomic E-state index is -0.584. The van der Waals surface area contributed by atoms with Gasteiger partial charge in [-0.2, -0.15) is 0 Å². The van der Waals surface area contributed by atoms with E-state index in [4.69, 9.17) is 9.72 Å². The zero-order valence-electron chi connectivity index (χ0n) is 20.8. The van der Waals surface area contributed by atoms with Gasteiger partial charge in [0.05, 0.1) is 33.8 Å². The van der Waals surface area contributed by atoms with Crippen molar-refractivity contribution >= 4 is 45.0 Å². The van der Waals surface area contributed by atoms with Crippen molar-refractivity contribution in [2.24, 2.45) is 0 Å². The van der Waals surface area contributed by atoms with Crippen molar-refractivity contribution in [2.45, 2.75) is 20.8 Å². The Morgan fingerprint density at radius 1 is 1.03 bits per heavy atom. The number of aromatic nitrogens is 1. The number of para-hydroxylation sites is 1. The number of nitrogens with zero attached hydrogens (tertiary/aromatic N) is 2. The number of hydrogen-bond donors (Lipinski definition) is 1. The molecule has 0 saturated carbocycles. The van der Waals surface area contributed by atoms with Gasteiger partial charge in [0.2, 0.25) is 0 Å². The number of carbonyl (C=O) groups excluding carboxylic acids is 3. The van der Waals surface area contributed by atoms with Crippen LogP contribution in [0.3, 0.4) is 0 Å². The molecular weight excluding hydrogens is 474 g/mol. The molecule has 0 atom stereocenters. The van der Waals surface area contributed by atoms with E-state index in [-0.39, 0.29) is 23.1 Å². The van der Waals surface area contributed by atoms with Crippen LogP contribution < -0.4 is 5.32 Å². The second kappa shape index (κ2) is 10.3. The normalized spacial score (nSPS) is 10.8. The molecule has 2 aromatic heterocycles. The third-order valence-corrected chi connectivity index (χ3v) is 6.92. The number of pyridine rings is 1. The van der Waals surface area contributed by atoms with Gasteiger partial charge in [0.25, 0.3) is 11.8 Å². The van der Waals surface area contributed by atoms with Crippen molar-refractivity contribution in [3.63, 3.8) is 0 Å². The number of esters is 1. The number of nitrogens with one attached hydrogen (secondary N) is 1. The summed E-state index contributed by atoms with van der Waals surface area (Å²) in [4.78, 5) is 45.8. The lowest BCUT2D eigenvalue weighted by atomic mass is 10.0. The molecule has 0 radical (unpaired) electrons. The van der Waals surface area contributed by atoms with Gasteiger partial charge in [0.15, 0.2) is 0 Å². The fourth-order valence-electron chi connectivity index (χ4n) is 3.94. The maximum Gasteiger partial charge on any atom is 0.341 e. The Morgan fingerprint density at radius 2 is 1.78 bits per heavy atom. The average molecular weight is 502 g/mol. The summed E-state index contributed by atoms with van der Waals surface area (Å²) in [6.45, 7) is 5.57. The third-order valence-electron chi connectivity index (χ3n) is 5.73. The zero-order valence-corrected chi connectivity index (χ0v) is 21.7. The molecular formula is C28H27N3O4S. The van der Waals surface area contributed by atoms with E-state index in [0.29, 0.717) is 32.6 Å². The highest BCUT2D eigenvalue weighted by Crippen LogP contribution is 2.35. The van der Waals surface area contributed by atoms with Crippen molar-refractivity contribution in [1.82, 2.24) is 9.88 Å². The Labute approximate surface area is 213 Å². The van der Waals surface area contributed by atoms with Crippen LogP contribution in [0.5, 0.6) is 0 Å². The van der Waals surface area contributed by atoms with E-state index in [9.17, 15) is 14.4 Å². The van der Waals surface area contributed by atoms with Crippen molar-refractivity contribution < 1.29 is 19.1 Å². The van der Waals surface area contributed by atoms with E-state index in [1.807, 2.05) is 55.5 Å². The van der Waals surface area contributed by atoms with Crippen LogP contribution in [0.25, 0.3) is 22.2 Å². The fraction of sp³-hybridized carbons (Fsp3) is 0.214. The van der Waals surface area contributed by atoms with Crippen LogP contribution in [0.4, 0.5) is 5.00 Å². The molecule has 4 aromatic rings. The van der Waals surface area contributed by atoms with Gasteiger partial charge in [-0.3, -0.25) is 9.59 Å². The molecule has 2 heterocycles. The Morgan fingerprint density at radius 3 is 2.47 bits per heavy atom. The van der Waals surface area contributed by atoms with E-state index in [0.717, 1.165) is 22.5 Å². The number of rotatable bonds is 6. The maximum absolute atomic E-state index is 13.7. The van der Waals surface area contributed by atoms with Crippen molar-refractivity contribution in [2.75, 3.05) is 26.0 Å². The van der Waals surface area contributed by atoms with Crippen LogP contribution in [0, 0.1) is 13.8 Å². The van der Waals surface area contributed by atoms with E-state index in [1.165, 1.54) is 4.90 Å². The Bertz CT molecular complexity index is 1490. The number of thiophene rings is 1. The summed E-state index contributed by atoms with van der Waals surface area (Å²) in [5.74, 6) is -1.24. The molecule has 0 aliphatic rings. The number of aryl methyl sites for hydroxylation is 1. The molecule has 4 rings (SSSR count). The van der Waals surface area contributed by atoms with E-state index in [2.05, 4.69) is 5.32 Å². The molecule has 0 bridgehead atoms. The molecule has 0 aliphatic carbocycles. The molecule has 0 aliphatic heterocycles. The molecule has 7 nitrogen and oxygen atoms in total. The van der Waals surface area contributed by atoms with E-state index >= 15 is 0 Å². The lowest BCUT2D eigenvalue weighted by Gasteiger charge is -2.11. The summed E-state index contributed by atoms with van der Waals surface area (Å²) < 4.78 is 5.23. The number of fused-ring (bicyclic) bond motifs is 1. The lowest BCUT2D eigenvalue weighted by Crippen LogP contribution is -2.21. The second-order valence-corrected chi connectivity index (χ2v) is 9.60. The topological polar surface area (TPSA) is 88.6 Å². The summed E-state index contributed by atoms with van der Waals surface area (Å²) in [6.07, 6.45) is 0. The molecule has 0 fully saturated rings.